The van der Waals surface area contributed by atoms with Crippen molar-refractivity contribution in [2.75, 3.05) is 6.54 Å². The van der Waals surface area contributed by atoms with Crippen molar-refractivity contribution >= 4 is 5.91 Å². The highest BCUT2D eigenvalue weighted by Gasteiger charge is 2.27. The molecule has 2 aromatic rings. The predicted molar refractivity (Wildman–Crippen MR) is 94.4 cm³/mol. The number of amides is 1. The number of carbonyl (C=O) groups is 1. The maximum Gasteiger partial charge on any atom is 0.248 e. The SMILES string of the molecule is NC(=O)c1cccc(CN2CCCC2CC(O)c2ccccc2)c1. The van der Waals surface area contributed by atoms with Crippen LogP contribution in [0.1, 0.15) is 46.9 Å². The largest absolute Gasteiger partial charge is 0.388 e. The van der Waals surface area contributed by atoms with Crippen molar-refractivity contribution in [3.8, 4) is 0 Å². The summed E-state index contributed by atoms with van der Waals surface area (Å²) >= 11 is 0. The van der Waals surface area contributed by atoms with Crippen molar-refractivity contribution in [1.82, 2.24) is 4.90 Å². The molecule has 2 unspecified atom stereocenters. The summed E-state index contributed by atoms with van der Waals surface area (Å²) < 4.78 is 0. The van der Waals surface area contributed by atoms with Crippen LogP contribution in [-0.4, -0.2) is 28.5 Å². The third kappa shape index (κ3) is 4.02. The number of benzene rings is 2. The van der Waals surface area contributed by atoms with Crippen LogP contribution in [0, 0.1) is 0 Å². The van der Waals surface area contributed by atoms with Crippen LogP contribution in [0.5, 0.6) is 0 Å². The van der Waals surface area contributed by atoms with E-state index < -0.39 is 12.0 Å². The standard InChI is InChI=1S/C20H24N2O2/c21-20(24)17-9-4-6-15(12-17)14-22-11-5-10-18(22)13-19(23)16-7-2-1-3-8-16/h1-4,6-9,12,18-19,23H,5,10-11,13-14H2,(H2,21,24). The Balaban J connectivity index is 1.65. The van der Waals surface area contributed by atoms with Gasteiger partial charge in [0.15, 0.2) is 0 Å². The molecule has 0 spiro atoms. The number of hydrogen-bond acceptors (Lipinski definition) is 3. The van der Waals surface area contributed by atoms with Gasteiger partial charge >= 0.3 is 0 Å². The van der Waals surface area contributed by atoms with Crippen LogP contribution in [0.25, 0.3) is 0 Å². The molecule has 3 rings (SSSR count). The summed E-state index contributed by atoms with van der Waals surface area (Å²) in [6.07, 6.45) is 2.54. The Morgan fingerprint density at radius 2 is 2.00 bits per heavy atom. The Morgan fingerprint density at radius 3 is 2.75 bits per heavy atom. The fourth-order valence-electron chi connectivity index (χ4n) is 3.50. The first-order valence-electron chi connectivity index (χ1n) is 8.49. The van der Waals surface area contributed by atoms with Crippen LogP contribution in [-0.2, 0) is 6.54 Å². The molecule has 0 radical (unpaired) electrons. The molecule has 1 saturated heterocycles. The van der Waals surface area contributed by atoms with Gasteiger partial charge in [0.2, 0.25) is 5.91 Å². The molecule has 24 heavy (non-hydrogen) atoms. The normalized spacial score (nSPS) is 19.3. The molecule has 0 saturated carbocycles. The highest BCUT2D eigenvalue weighted by atomic mass is 16.3. The van der Waals surface area contributed by atoms with Crippen LogP contribution in [0.4, 0.5) is 0 Å². The van der Waals surface area contributed by atoms with Gasteiger partial charge in [-0.05, 0) is 49.1 Å². The lowest BCUT2D eigenvalue weighted by atomic mass is 10.00. The highest BCUT2D eigenvalue weighted by molar-refractivity contribution is 5.92. The van der Waals surface area contributed by atoms with E-state index in [0.29, 0.717) is 11.6 Å². The molecule has 3 N–H and O–H groups in total. The first-order valence-corrected chi connectivity index (χ1v) is 8.49. The second kappa shape index (κ2) is 7.60. The zero-order valence-electron chi connectivity index (χ0n) is 13.8. The Morgan fingerprint density at radius 1 is 1.21 bits per heavy atom. The van der Waals surface area contributed by atoms with Crippen molar-refractivity contribution < 1.29 is 9.90 Å². The fraction of sp³-hybridized carbons (Fsp3) is 0.350. The van der Waals surface area contributed by atoms with E-state index >= 15 is 0 Å². The Kier molecular flexibility index (Phi) is 5.28. The predicted octanol–water partition coefficient (Wildman–Crippen LogP) is 2.87. The second-order valence-electron chi connectivity index (χ2n) is 6.49. The minimum atomic E-state index is -0.436. The highest BCUT2D eigenvalue weighted by Crippen LogP contribution is 2.28. The van der Waals surface area contributed by atoms with Crippen LogP contribution in [0.15, 0.2) is 54.6 Å². The van der Waals surface area contributed by atoms with Crippen molar-refractivity contribution in [1.29, 1.82) is 0 Å². The number of carbonyl (C=O) groups excluding carboxylic acids is 1. The third-order valence-electron chi connectivity index (χ3n) is 4.78. The molecular weight excluding hydrogens is 300 g/mol. The number of aliphatic hydroxyl groups excluding tert-OH is 1. The van der Waals surface area contributed by atoms with E-state index in [1.807, 2.05) is 48.5 Å². The molecular formula is C20H24N2O2. The third-order valence-corrected chi connectivity index (χ3v) is 4.78. The minimum absolute atomic E-state index is 0.359. The molecule has 1 aliphatic rings. The van der Waals surface area contributed by atoms with Crippen molar-refractivity contribution in [3.63, 3.8) is 0 Å². The van der Waals surface area contributed by atoms with Gasteiger partial charge < -0.3 is 10.8 Å². The van der Waals surface area contributed by atoms with Gasteiger partial charge in [-0.1, -0.05) is 42.5 Å². The molecule has 0 aromatic heterocycles. The molecule has 0 aliphatic carbocycles. The summed E-state index contributed by atoms with van der Waals surface area (Å²) in [5.41, 5.74) is 7.97. The lowest BCUT2D eigenvalue weighted by Gasteiger charge is -2.26. The van der Waals surface area contributed by atoms with Gasteiger partial charge in [-0.2, -0.15) is 0 Å². The first-order chi connectivity index (χ1) is 11.6. The molecule has 4 heteroatoms. The van der Waals surface area contributed by atoms with Crippen LogP contribution in [0.2, 0.25) is 0 Å². The number of hydrogen-bond donors (Lipinski definition) is 2. The van der Waals surface area contributed by atoms with Crippen LogP contribution < -0.4 is 5.73 Å². The Labute approximate surface area is 142 Å². The Hall–Kier alpha value is -2.17. The average molecular weight is 324 g/mol. The van der Waals surface area contributed by atoms with E-state index in [1.54, 1.807) is 6.07 Å². The number of primary amides is 1. The molecule has 2 atom stereocenters. The van der Waals surface area contributed by atoms with Crippen molar-refractivity contribution in [2.45, 2.75) is 38.0 Å². The summed E-state index contributed by atoms with van der Waals surface area (Å²) in [6.45, 7) is 1.81. The van der Waals surface area contributed by atoms with Gasteiger partial charge in [-0.15, -0.1) is 0 Å². The molecule has 1 fully saturated rings. The molecule has 0 bridgehead atoms. The van der Waals surface area contributed by atoms with E-state index in [-0.39, 0.29) is 0 Å². The maximum atomic E-state index is 11.3. The van der Waals surface area contributed by atoms with Crippen LogP contribution in [0.3, 0.4) is 0 Å². The Bertz CT molecular complexity index is 687. The number of aliphatic hydroxyl groups is 1. The molecule has 2 aromatic carbocycles. The number of nitrogens with two attached hydrogens (primary N) is 1. The van der Waals surface area contributed by atoms with Crippen molar-refractivity contribution in [3.05, 3.63) is 71.3 Å². The summed E-state index contributed by atoms with van der Waals surface area (Å²) in [7, 11) is 0. The lowest BCUT2D eigenvalue weighted by Crippen LogP contribution is -2.30. The van der Waals surface area contributed by atoms with Gasteiger partial charge in [0.25, 0.3) is 0 Å². The van der Waals surface area contributed by atoms with Crippen molar-refractivity contribution in [2.24, 2.45) is 5.73 Å². The van der Waals surface area contributed by atoms with Gasteiger partial charge in [0, 0.05) is 18.2 Å². The molecule has 1 aliphatic heterocycles. The minimum Gasteiger partial charge on any atom is -0.388 e. The van der Waals surface area contributed by atoms with Gasteiger partial charge in [0.05, 0.1) is 6.10 Å². The fourth-order valence-corrected chi connectivity index (χ4v) is 3.50. The van der Waals surface area contributed by atoms with E-state index in [0.717, 1.165) is 43.5 Å². The van der Waals surface area contributed by atoms with Gasteiger partial charge in [0.1, 0.15) is 0 Å². The van der Waals surface area contributed by atoms with Crippen LogP contribution >= 0.6 is 0 Å². The molecule has 1 amide bonds. The zero-order chi connectivity index (χ0) is 16.9. The summed E-state index contributed by atoms with van der Waals surface area (Å²) in [5, 5.41) is 10.5. The lowest BCUT2D eigenvalue weighted by molar-refractivity contribution is 0.1000. The number of likely N-dealkylation sites (tertiary alicyclic amines) is 1. The molecule has 126 valence electrons. The summed E-state index contributed by atoms with van der Waals surface area (Å²) in [5.74, 6) is -0.394. The van der Waals surface area contributed by atoms with E-state index in [9.17, 15) is 9.90 Å². The first kappa shape index (κ1) is 16.7. The number of rotatable bonds is 6. The second-order valence-corrected chi connectivity index (χ2v) is 6.49. The summed E-state index contributed by atoms with van der Waals surface area (Å²) in [6, 6.07) is 17.7. The summed E-state index contributed by atoms with van der Waals surface area (Å²) in [4.78, 5) is 13.7. The average Bonchev–Trinajstić information content (AvgIpc) is 3.02. The van der Waals surface area contributed by atoms with E-state index in [2.05, 4.69) is 4.90 Å². The van der Waals surface area contributed by atoms with Gasteiger partial charge in [-0.3, -0.25) is 9.69 Å². The smallest absolute Gasteiger partial charge is 0.248 e. The van der Waals surface area contributed by atoms with E-state index in [1.165, 1.54) is 0 Å². The van der Waals surface area contributed by atoms with E-state index in [4.69, 9.17) is 5.73 Å². The van der Waals surface area contributed by atoms with Gasteiger partial charge in [-0.25, -0.2) is 0 Å². The topological polar surface area (TPSA) is 66.6 Å². The quantitative estimate of drug-likeness (QED) is 0.858. The monoisotopic (exact) mass is 324 g/mol. The molecule has 1 heterocycles. The maximum absolute atomic E-state index is 11.3. The molecule has 4 nitrogen and oxygen atoms in total. The zero-order valence-corrected chi connectivity index (χ0v) is 13.8. The number of nitrogens with zero attached hydrogens (tertiary/aromatic N) is 1.